The van der Waals surface area contributed by atoms with Gasteiger partial charge >= 0.3 is 0 Å². The SMILES string of the molecule is Oc1ccc(Cl)cc1CCBr. The molecule has 0 aliphatic heterocycles. The van der Waals surface area contributed by atoms with Crippen molar-refractivity contribution in [3.05, 3.63) is 28.8 Å². The molecule has 0 unspecified atom stereocenters. The van der Waals surface area contributed by atoms with E-state index in [0.717, 1.165) is 17.3 Å². The highest BCUT2D eigenvalue weighted by atomic mass is 79.9. The summed E-state index contributed by atoms with van der Waals surface area (Å²) in [6.07, 6.45) is 0.798. The summed E-state index contributed by atoms with van der Waals surface area (Å²) in [4.78, 5) is 0. The van der Waals surface area contributed by atoms with E-state index in [1.165, 1.54) is 0 Å². The lowest BCUT2D eigenvalue weighted by atomic mass is 10.1. The molecule has 1 nitrogen and oxygen atoms in total. The van der Waals surface area contributed by atoms with Crippen LogP contribution in [0.5, 0.6) is 5.75 Å². The summed E-state index contributed by atoms with van der Waals surface area (Å²) in [6, 6.07) is 5.06. The fourth-order valence-electron chi connectivity index (χ4n) is 0.856. The second-order valence-corrected chi connectivity index (χ2v) is 3.44. The lowest BCUT2D eigenvalue weighted by molar-refractivity contribution is 0.469. The highest BCUT2D eigenvalue weighted by Crippen LogP contribution is 2.21. The summed E-state index contributed by atoms with van der Waals surface area (Å²) in [5.74, 6) is 0.314. The van der Waals surface area contributed by atoms with Crippen LogP contribution in [0, 0.1) is 0 Å². The van der Waals surface area contributed by atoms with Crippen LogP contribution >= 0.6 is 27.5 Å². The van der Waals surface area contributed by atoms with Gasteiger partial charge in [-0.25, -0.2) is 0 Å². The average Bonchev–Trinajstić information content (AvgIpc) is 1.98. The number of halogens is 2. The van der Waals surface area contributed by atoms with Gasteiger partial charge < -0.3 is 5.11 Å². The molecule has 0 aromatic heterocycles. The van der Waals surface area contributed by atoms with Crippen LogP contribution in [0.1, 0.15) is 5.56 Å². The van der Waals surface area contributed by atoms with Crippen molar-refractivity contribution in [3.8, 4) is 5.75 Å². The Hall–Kier alpha value is -0.210. The minimum atomic E-state index is 0.314. The van der Waals surface area contributed by atoms with Gasteiger partial charge in [0.2, 0.25) is 0 Å². The van der Waals surface area contributed by atoms with Gasteiger partial charge in [-0.1, -0.05) is 27.5 Å². The first-order valence-electron chi connectivity index (χ1n) is 3.27. The van der Waals surface area contributed by atoms with E-state index in [2.05, 4.69) is 15.9 Å². The largest absolute Gasteiger partial charge is 0.508 e. The zero-order valence-corrected chi connectivity index (χ0v) is 8.19. The monoisotopic (exact) mass is 234 g/mol. The molecule has 1 N–H and O–H groups in total. The Morgan fingerprint density at radius 1 is 1.45 bits per heavy atom. The fourth-order valence-corrected chi connectivity index (χ4v) is 1.48. The van der Waals surface area contributed by atoms with Crippen molar-refractivity contribution in [2.45, 2.75) is 6.42 Å². The van der Waals surface area contributed by atoms with Gasteiger partial charge in [-0.15, -0.1) is 0 Å². The van der Waals surface area contributed by atoms with Crippen molar-refractivity contribution >= 4 is 27.5 Å². The molecule has 3 heteroatoms. The van der Waals surface area contributed by atoms with Crippen LogP contribution in [0.25, 0.3) is 0 Å². The number of aryl methyl sites for hydroxylation is 1. The molecule has 0 saturated heterocycles. The van der Waals surface area contributed by atoms with E-state index in [0.29, 0.717) is 10.8 Å². The van der Waals surface area contributed by atoms with Crippen molar-refractivity contribution < 1.29 is 5.11 Å². The lowest BCUT2D eigenvalue weighted by Gasteiger charge is -2.01. The van der Waals surface area contributed by atoms with Gasteiger partial charge in [0.25, 0.3) is 0 Å². The zero-order chi connectivity index (χ0) is 8.27. The molecule has 0 aliphatic carbocycles. The molecule has 11 heavy (non-hydrogen) atoms. The summed E-state index contributed by atoms with van der Waals surface area (Å²) in [5.41, 5.74) is 0.884. The topological polar surface area (TPSA) is 20.2 Å². The highest BCUT2D eigenvalue weighted by molar-refractivity contribution is 9.09. The van der Waals surface area contributed by atoms with Crippen molar-refractivity contribution in [3.63, 3.8) is 0 Å². The van der Waals surface area contributed by atoms with E-state index in [9.17, 15) is 5.11 Å². The van der Waals surface area contributed by atoms with Gasteiger partial charge in [0.15, 0.2) is 0 Å². The van der Waals surface area contributed by atoms with Crippen LogP contribution in [-0.4, -0.2) is 10.4 Å². The summed E-state index contributed by atoms with van der Waals surface area (Å²) in [6.45, 7) is 0. The number of alkyl halides is 1. The van der Waals surface area contributed by atoms with Gasteiger partial charge in [0, 0.05) is 10.4 Å². The normalized spacial score (nSPS) is 10.0. The molecule has 1 aromatic rings. The van der Waals surface area contributed by atoms with Gasteiger partial charge in [-0.05, 0) is 30.2 Å². The van der Waals surface area contributed by atoms with Crippen molar-refractivity contribution in [2.75, 3.05) is 5.33 Å². The van der Waals surface area contributed by atoms with Crippen LogP contribution in [0.15, 0.2) is 18.2 Å². The summed E-state index contributed by atoms with van der Waals surface area (Å²) in [5, 5.41) is 10.8. The number of hydrogen-bond donors (Lipinski definition) is 1. The molecule has 1 rings (SSSR count). The standard InChI is InChI=1S/C8H8BrClO/c9-4-3-6-5-7(10)1-2-8(6)11/h1-2,5,11H,3-4H2. The molecule has 0 atom stereocenters. The zero-order valence-electron chi connectivity index (χ0n) is 5.85. The summed E-state index contributed by atoms with van der Waals surface area (Å²) < 4.78 is 0. The number of phenolic OH excluding ortho intramolecular Hbond substituents is 1. The van der Waals surface area contributed by atoms with Crippen LogP contribution in [0.4, 0.5) is 0 Å². The number of benzene rings is 1. The van der Waals surface area contributed by atoms with E-state index < -0.39 is 0 Å². The molecule has 1 aromatic carbocycles. The van der Waals surface area contributed by atoms with Crippen molar-refractivity contribution in [1.82, 2.24) is 0 Å². The molecule has 0 bridgehead atoms. The number of aromatic hydroxyl groups is 1. The molecule has 0 saturated carbocycles. The summed E-state index contributed by atoms with van der Waals surface area (Å²) in [7, 11) is 0. The molecular weight excluding hydrogens is 227 g/mol. The van der Waals surface area contributed by atoms with Crippen LogP contribution < -0.4 is 0 Å². The Labute approximate surface area is 79.1 Å². The quantitative estimate of drug-likeness (QED) is 0.782. The predicted molar refractivity (Wildman–Crippen MR) is 50.6 cm³/mol. The van der Waals surface area contributed by atoms with Crippen molar-refractivity contribution in [1.29, 1.82) is 0 Å². The first-order chi connectivity index (χ1) is 5.24. The molecule has 0 amide bonds. The van der Waals surface area contributed by atoms with Crippen LogP contribution in [0.2, 0.25) is 5.02 Å². The molecule has 0 spiro atoms. The maximum Gasteiger partial charge on any atom is 0.118 e. The van der Waals surface area contributed by atoms with E-state index in [-0.39, 0.29) is 0 Å². The minimum Gasteiger partial charge on any atom is -0.508 e. The van der Waals surface area contributed by atoms with Crippen LogP contribution in [0.3, 0.4) is 0 Å². The molecule has 0 fully saturated rings. The Bertz CT molecular complexity index is 250. The number of rotatable bonds is 2. The third kappa shape index (κ3) is 2.38. The van der Waals surface area contributed by atoms with Gasteiger partial charge in [-0.2, -0.15) is 0 Å². The Balaban J connectivity index is 2.93. The summed E-state index contributed by atoms with van der Waals surface area (Å²) >= 11 is 9.02. The second kappa shape index (κ2) is 3.98. The fraction of sp³-hybridized carbons (Fsp3) is 0.250. The first-order valence-corrected chi connectivity index (χ1v) is 4.77. The second-order valence-electron chi connectivity index (χ2n) is 2.21. The maximum absolute atomic E-state index is 9.29. The third-order valence-electron chi connectivity index (χ3n) is 1.41. The Kier molecular flexibility index (Phi) is 3.21. The first kappa shape index (κ1) is 8.88. The van der Waals surface area contributed by atoms with E-state index in [4.69, 9.17) is 11.6 Å². The molecule has 60 valence electrons. The predicted octanol–water partition coefficient (Wildman–Crippen LogP) is 2.98. The minimum absolute atomic E-state index is 0.314. The van der Waals surface area contributed by atoms with Crippen molar-refractivity contribution in [2.24, 2.45) is 0 Å². The average molecular weight is 236 g/mol. The van der Waals surface area contributed by atoms with Gasteiger partial charge in [-0.3, -0.25) is 0 Å². The van der Waals surface area contributed by atoms with Gasteiger partial charge in [0.05, 0.1) is 0 Å². The molecule has 0 heterocycles. The number of hydrogen-bond acceptors (Lipinski definition) is 1. The third-order valence-corrected chi connectivity index (χ3v) is 2.04. The number of phenols is 1. The highest BCUT2D eigenvalue weighted by Gasteiger charge is 1.99. The van der Waals surface area contributed by atoms with E-state index in [1.54, 1.807) is 18.2 Å². The molecule has 0 aliphatic rings. The van der Waals surface area contributed by atoms with Gasteiger partial charge in [0.1, 0.15) is 5.75 Å². The van der Waals surface area contributed by atoms with Crippen LogP contribution in [-0.2, 0) is 6.42 Å². The molecule has 0 radical (unpaired) electrons. The molecular formula is C8H8BrClO. The maximum atomic E-state index is 9.29. The Morgan fingerprint density at radius 3 is 2.82 bits per heavy atom. The Morgan fingerprint density at radius 2 is 2.18 bits per heavy atom. The van der Waals surface area contributed by atoms with E-state index in [1.807, 2.05) is 0 Å². The smallest absolute Gasteiger partial charge is 0.118 e. The lowest BCUT2D eigenvalue weighted by Crippen LogP contribution is -1.85. The van der Waals surface area contributed by atoms with E-state index >= 15 is 0 Å².